The average Bonchev–Trinajstić information content (AvgIpc) is 2.14. The summed E-state index contributed by atoms with van der Waals surface area (Å²) in [6.45, 7) is 2.08. The first-order chi connectivity index (χ1) is 7.79. The molecular weight excluding hydrogens is 259 g/mol. The van der Waals surface area contributed by atoms with Crippen molar-refractivity contribution in [2.75, 3.05) is 6.66 Å². The molecule has 0 aliphatic carbocycles. The number of benzene rings is 1. The molecule has 4 nitrogen and oxygen atoms in total. The fraction of sp³-hybridized carbons (Fsp3) is 0.364. The Labute approximate surface area is 106 Å². The number of carbonyl (C=O) groups is 1. The van der Waals surface area contributed by atoms with Crippen LogP contribution in [0.3, 0.4) is 0 Å². The smallest absolute Gasteiger partial charge is 0.342 e. The predicted octanol–water partition coefficient (Wildman–Crippen LogP) is 2.56. The summed E-state index contributed by atoms with van der Waals surface area (Å²) in [7, 11) is 0. The summed E-state index contributed by atoms with van der Waals surface area (Å²) in [5, 5.41) is 0. The van der Waals surface area contributed by atoms with Gasteiger partial charge < -0.3 is 14.2 Å². The molecule has 0 spiro atoms. The maximum Gasteiger partial charge on any atom is 0.342 e. The lowest BCUT2D eigenvalue weighted by molar-refractivity contribution is 0.0376. The van der Waals surface area contributed by atoms with Gasteiger partial charge in [-0.2, -0.15) is 0 Å². The van der Waals surface area contributed by atoms with Gasteiger partial charge >= 0.3 is 5.97 Å². The molecule has 0 fully saturated rings. The molecular formula is C11H15O4PS. The molecule has 1 unspecified atom stereocenters. The van der Waals surface area contributed by atoms with Crippen LogP contribution in [-0.4, -0.2) is 23.6 Å². The third kappa shape index (κ3) is 4.86. The van der Waals surface area contributed by atoms with E-state index in [4.69, 9.17) is 21.1 Å². The zero-order valence-electron chi connectivity index (χ0n) is 9.91. The van der Waals surface area contributed by atoms with Crippen LogP contribution in [0.2, 0.25) is 0 Å². The average molecular weight is 274 g/mol. The van der Waals surface area contributed by atoms with Crippen LogP contribution in [0.1, 0.15) is 24.2 Å². The molecule has 6 heteroatoms. The third-order valence-corrected chi connectivity index (χ3v) is 2.48. The maximum absolute atomic E-state index is 11.8. The highest BCUT2D eigenvalue weighted by molar-refractivity contribution is 8.09. The van der Waals surface area contributed by atoms with E-state index in [1.807, 2.05) is 0 Å². The van der Waals surface area contributed by atoms with Crippen molar-refractivity contribution >= 4 is 24.3 Å². The fourth-order valence-corrected chi connectivity index (χ4v) is 1.94. The second kappa shape index (κ2) is 5.63. The van der Waals surface area contributed by atoms with Gasteiger partial charge in [-0.3, -0.25) is 0 Å². The Hall–Kier alpha value is -0.900. The first kappa shape index (κ1) is 14.2. The summed E-state index contributed by atoms with van der Waals surface area (Å²) in [5.41, 5.74) is 0.270. The highest BCUT2D eigenvalue weighted by Crippen LogP contribution is 2.40. The van der Waals surface area contributed by atoms with Gasteiger partial charge in [0.1, 0.15) is 11.3 Å². The third-order valence-electron chi connectivity index (χ3n) is 1.72. The molecule has 0 saturated carbocycles. The summed E-state index contributed by atoms with van der Waals surface area (Å²) in [5.74, 6) is -0.231. The van der Waals surface area contributed by atoms with Crippen molar-refractivity contribution in [2.24, 2.45) is 0 Å². The van der Waals surface area contributed by atoms with Gasteiger partial charge in [-0.05, 0) is 37.8 Å². The monoisotopic (exact) mass is 274 g/mol. The van der Waals surface area contributed by atoms with Gasteiger partial charge in [0.05, 0.1) is 6.10 Å². The lowest BCUT2D eigenvalue weighted by Crippen LogP contribution is -2.12. The second-order valence-electron chi connectivity index (χ2n) is 3.84. The van der Waals surface area contributed by atoms with E-state index in [9.17, 15) is 9.69 Å². The number of hydrogen-bond acceptors (Lipinski definition) is 4. The van der Waals surface area contributed by atoms with E-state index >= 15 is 0 Å². The first-order valence-electron chi connectivity index (χ1n) is 5.09. The van der Waals surface area contributed by atoms with Crippen LogP contribution in [0.15, 0.2) is 24.3 Å². The van der Waals surface area contributed by atoms with Gasteiger partial charge in [-0.15, -0.1) is 0 Å². The number of para-hydroxylation sites is 1. The number of ether oxygens (including phenoxy) is 1. The van der Waals surface area contributed by atoms with E-state index in [0.29, 0.717) is 0 Å². The highest BCUT2D eigenvalue weighted by Gasteiger charge is 2.17. The molecule has 17 heavy (non-hydrogen) atoms. The summed E-state index contributed by atoms with van der Waals surface area (Å²) < 4.78 is 10.3. The van der Waals surface area contributed by atoms with Gasteiger partial charge in [-0.25, -0.2) is 4.79 Å². The van der Waals surface area contributed by atoms with Crippen molar-refractivity contribution < 1.29 is 18.9 Å². The van der Waals surface area contributed by atoms with Crippen molar-refractivity contribution in [3.8, 4) is 5.75 Å². The van der Waals surface area contributed by atoms with Gasteiger partial charge in [-0.1, -0.05) is 12.1 Å². The molecule has 0 heterocycles. The Morgan fingerprint density at radius 3 is 2.53 bits per heavy atom. The molecule has 0 aliphatic heterocycles. The standard InChI is InChI=1S/C11H15O4PS/c1-8(2)14-11(12)9-6-4-5-7-10(9)15-16(3,13)17/h4-8H,1-3H3,(H,13,17). The minimum atomic E-state index is -2.86. The molecule has 0 saturated heterocycles. The van der Waals surface area contributed by atoms with Crippen LogP contribution in [0.25, 0.3) is 0 Å². The topological polar surface area (TPSA) is 55.8 Å². The SMILES string of the molecule is CC(C)OC(=O)c1ccccc1OP(C)(O)=S. The van der Waals surface area contributed by atoms with Gasteiger partial charge in [0.2, 0.25) is 6.49 Å². The van der Waals surface area contributed by atoms with Crippen molar-refractivity contribution in [3.63, 3.8) is 0 Å². The van der Waals surface area contributed by atoms with Crippen LogP contribution in [0, 0.1) is 0 Å². The summed E-state index contributed by atoms with van der Waals surface area (Å²) in [4.78, 5) is 21.3. The molecule has 0 aromatic heterocycles. The van der Waals surface area contributed by atoms with Crippen molar-refractivity contribution in [2.45, 2.75) is 20.0 Å². The number of esters is 1. The lowest BCUT2D eigenvalue weighted by atomic mass is 10.2. The van der Waals surface area contributed by atoms with Crippen molar-refractivity contribution in [1.82, 2.24) is 0 Å². The molecule has 0 bridgehead atoms. The number of rotatable bonds is 4. The first-order valence-corrected chi connectivity index (χ1v) is 8.21. The van der Waals surface area contributed by atoms with Crippen molar-refractivity contribution in [1.29, 1.82) is 0 Å². The summed E-state index contributed by atoms with van der Waals surface area (Å²) in [6.07, 6.45) is -0.214. The molecule has 0 radical (unpaired) electrons. The largest absolute Gasteiger partial charge is 0.459 e. The molecule has 1 N–H and O–H groups in total. The Morgan fingerprint density at radius 2 is 2.00 bits per heavy atom. The number of carbonyl (C=O) groups excluding carboxylic acids is 1. The highest BCUT2D eigenvalue weighted by atomic mass is 32.5. The van der Waals surface area contributed by atoms with Crippen molar-refractivity contribution in [3.05, 3.63) is 29.8 Å². The lowest BCUT2D eigenvalue weighted by Gasteiger charge is -2.15. The van der Waals surface area contributed by atoms with E-state index in [1.54, 1.807) is 38.1 Å². The predicted molar refractivity (Wildman–Crippen MR) is 70.0 cm³/mol. The van der Waals surface area contributed by atoms with Gasteiger partial charge in [0.25, 0.3) is 0 Å². The Morgan fingerprint density at radius 1 is 1.41 bits per heavy atom. The van der Waals surface area contributed by atoms with Gasteiger partial charge in [0.15, 0.2) is 0 Å². The van der Waals surface area contributed by atoms with Crippen LogP contribution in [0.5, 0.6) is 5.75 Å². The molecule has 0 amide bonds. The molecule has 94 valence electrons. The van der Waals surface area contributed by atoms with Crippen LogP contribution in [-0.2, 0) is 16.5 Å². The van der Waals surface area contributed by atoms with E-state index in [0.717, 1.165) is 0 Å². The zero-order valence-corrected chi connectivity index (χ0v) is 11.6. The molecule has 1 atom stereocenters. The fourth-order valence-electron chi connectivity index (χ4n) is 1.17. The van der Waals surface area contributed by atoms with Crippen LogP contribution < -0.4 is 4.52 Å². The second-order valence-corrected chi connectivity index (χ2v) is 7.67. The van der Waals surface area contributed by atoms with Crippen LogP contribution >= 0.6 is 6.49 Å². The Balaban J connectivity index is 2.99. The normalized spacial score (nSPS) is 14.2. The molecule has 0 aliphatic rings. The zero-order chi connectivity index (χ0) is 13.1. The molecule has 1 aromatic rings. The summed E-state index contributed by atoms with van der Waals surface area (Å²) >= 11 is 4.79. The van der Waals surface area contributed by atoms with Crippen LogP contribution in [0.4, 0.5) is 0 Å². The van der Waals surface area contributed by atoms with E-state index in [1.165, 1.54) is 6.66 Å². The quantitative estimate of drug-likeness (QED) is 0.675. The Kier molecular flexibility index (Phi) is 4.69. The van der Waals surface area contributed by atoms with E-state index < -0.39 is 12.5 Å². The summed E-state index contributed by atoms with van der Waals surface area (Å²) in [6, 6.07) is 6.55. The maximum atomic E-state index is 11.8. The minimum Gasteiger partial charge on any atom is -0.459 e. The van der Waals surface area contributed by atoms with E-state index in [-0.39, 0.29) is 17.4 Å². The molecule has 1 rings (SSSR count). The number of hydrogen-bond donors (Lipinski definition) is 1. The minimum absolute atomic E-state index is 0.214. The van der Waals surface area contributed by atoms with E-state index in [2.05, 4.69) is 0 Å². The van der Waals surface area contributed by atoms with Gasteiger partial charge in [0, 0.05) is 6.66 Å². The molecule has 1 aromatic carbocycles. The Bertz CT molecular complexity index is 453.